The Morgan fingerprint density at radius 3 is 2.46 bits per heavy atom. The summed E-state index contributed by atoms with van der Waals surface area (Å²) in [7, 11) is -1.22. The van der Waals surface area contributed by atoms with Crippen LogP contribution in [0.5, 0.6) is 0 Å². The summed E-state index contributed by atoms with van der Waals surface area (Å²) in [5.74, 6) is 0.737. The van der Waals surface area contributed by atoms with Crippen molar-refractivity contribution >= 4 is 32.6 Å². The Morgan fingerprint density at radius 1 is 1.00 bits per heavy atom. The minimum absolute atomic E-state index is 0.235. The molecule has 0 spiro atoms. The largest absolute Gasteiger partial charge is 0.455 e. The first-order valence-corrected chi connectivity index (χ1v) is 10.3. The molecule has 134 valence electrons. The van der Waals surface area contributed by atoms with Crippen molar-refractivity contribution in [3.05, 3.63) is 88.3 Å². The molecule has 3 rings (SSSR count). The average molecular weight is 432 g/mol. The van der Waals surface area contributed by atoms with E-state index >= 15 is 0 Å². The quantitative estimate of drug-likeness (QED) is 0.605. The molecule has 3 aromatic rings. The number of halogens is 1. The van der Waals surface area contributed by atoms with Gasteiger partial charge in [-0.15, -0.1) is 0 Å². The predicted octanol–water partition coefficient (Wildman–Crippen LogP) is 4.32. The highest BCUT2D eigenvalue weighted by Gasteiger charge is 2.13. The van der Waals surface area contributed by atoms with E-state index in [0.29, 0.717) is 12.3 Å². The minimum Gasteiger partial charge on any atom is -0.455 e. The maximum atomic E-state index is 12.4. The summed E-state index contributed by atoms with van der Waals surface area (Å²) in [4.78, 5) is 12.9. The maximum Gasteiger partial charge on any atom is 0.287 e. The molecule has 1 heterocycles. The van der Waals surface area contributed by atoms with Crippen LogP contribution in [0.3, 0.4) is 0 Å². The first-order chi connectivity index (χ1) is 12.6. The average Bonchev–Trinajstić information content (AvgIpc) is 3.11. The zero-order chi connectivity index (χ0) is 18.4. The molecule has 4 nitrogen and oxygen atoms in total. The van der Waals surface area contributed by atoms with E-state index < -0.39 is 10.8 Å². The van der Waals surface area contributed by atoms with Crippen LogP contribution < -0.4 is 5.32 Å². The molecular formula is C20H18BrNO3S. The van der Waals surface area contributed by atoms with E-state index in [2.05, 4.69) is 21.2 Å². The lowest BCUT2D eigenvalue weighted by molar-refractivity contribution is 0.0925. The molecule has 0 aliphatic heterocycles. The second kappa shape index (κ2) is 8.96. The molecule has 1 amide bonds. The van der Waals surface area contributed by atoms with Crippen LogP contribution in [0.15, 0.2) is 80.5 Å². The van der Waals surface area contributed by atoms with Crippen LogP contribution in [0.2, 0.25) is 0 Å². The van der Waals surface area contributed by atoms with E-state index in [4.69, 9.17) is 4.42 Å². The lowest BCUT2D eigenvalue weighted by atomic mass is 10.1. The molecule has 1 atom stereocenters. The van der Waals surface area contributed by atoms with Crippen LogP contribution in [0.1, 0.15) is 21.9 Å². The van der Waals surface area contributed by atoms with Gasteiger partial charge < -0.3 is 9.73 Å². The summed E-state index contributed by atoms with van der Waals surface area (Å²) in [6.07, 6.45) is 0.758. The Balaban J connectivity index is 1.52. The normalized spacial score (nSPS) is 11.9. The van der Waals surface area contributed by atoms with Crippen molar-refractivity contribution < 1.29 is 13.4 Å². The van der Waals surface area contributed by atoms with Crippen LogP contribution in [0.25, 0.3) is 0 Å². The van der Waals surface area contributed by atoms with Crippen molar-refractivity contribution in [1.29, 1.82) is 0 Å². The molecule has 0 fully saturated rings. The number of hydrogen-bond donors (Lipinski definition) is 1. The number of hydrogen-bond acceptors (Lipinski definition) is 3. The lowest BCUT2D eigenvalue weighted by Crippen LogP contribution is -2.25. The highest BCUT2D eigenvalue weighted by Crippen LogP contribution is 2.17. The zero-order valence-corrected chi connectivity index (χ0v) is 16.4. The first kappa shape index (κ1) is 18.6. The Labute approximate surface area is 163 Å². The number of carbonyl (C=O) groups excluding carboxylic acids is 1. The molecule has 2 aromatic carbocycles. The highest BCUT2D eigenvalue weighted by atomic mass is 79.9. The van der Waals surface area contributed by atoms with Gasteiger partial charge in [0.05, 0.1) is 16.6 Å². The molecule has 0 saturated heterocycles. The van der Waals surface area contributed by atoms with Crippen molar-refractivity contribution in [1.82, 2.24) is 5.32 Å². The fourth-order valence-corrected chi connectivity index (χ4v) is 3.71. The monoisotopic (exact) mass is 431 g/mol. The Bertz CT molecular complexity index is 891. The van der Waals surface area contributed by atoms with Gasteiger partial charge in [-0.3, -0.25) is 9.00 Å². The molecule has 0 aliphatic rings. The van der Waals surface area contributed by atoms with E-state index in [-0.39, 0.29) is 17.4 Å². The molecular weight excluding hydrogens is 414 g/mol. The van der Waals surface area contributed by atoms with Gasteiger partial charge in [0, 0.05) is 15.9 Å². The van der Waals surface area contributed by atoms with E-state index in [1.165, 1.54) is 0 Å². The standard InChI is InChI=1S/C20H18BrNO3S/c21-16-6-9-18(10-7-16)26(24)14-17-8-11-19(25-17)20(23)22-13-12-15-4-2-1-3-5-15/h1-11H,12-14H2,(H,22,23)/t26-/m0/s1. The topological polar surface area (TPSA) is 59.3 Å². The van der Waals surface area contributed by atoms with Crippen molar-refractivity contribution in [2.24, 2.45) is 0 Å². The summed E-state index contributed by atoms with van der Waals surface area (Å²) in [5, 5.41) is 2.84. The number of carbonyl (C=O) groups is 1. The second-order valence-corrected chi connectivity index (χ2v) is 8.07. The Morgan fingerprint density at radius 2 is 1.73 bits per heavy atom. The Hall–Kier alpha value is -2.18. The van der Waals surface area contributed by atoms with Gasteiger partial charge in [0.15, 0.2) is 5.76 Å². The number of nitrogens with one attached hydrogen (secondary N) is 1. The van der Waals surface area contributed by atoms with E-state index in [9.17, 15) is 9.00 Å². The van der Waals surface area contributed by atoms with Gasteiger partial charge in [-0.2, -0.15) is 0 Å². The van der Waals surface area contributed by atoms with E-state index in [1.807, 2.05) is 42.5 Å². The molecule has 0 radical (unpaired) electrons. The fraction of sp³-hybridized carbons (Fsp3) is 0.150. The molecule has 0 unspecified atom stereocenters. The van der Waals surface area contributed by atoms with Crippen LogP contribution in [-0.2, 0) is 23.0 Å². The Kier molecular flexibility index (Phi) is 6.41. The summed E-state index contributed by atoms with van der Waals surface area (Å²) in [5.41, 5.74) is 1.16. The van der Waals surface area contributed by atoms with Gasteiger partial charge in [0.2, 0.25) is 0 Å². The van der Waals surface area contributed by atoms with Gasteiger partial charge in [0.25, 0.3) is 5.91 Å². The molecule has 1 N–H and O–H groups in total. The molecule has 0 saturated carbocycles. The fourth-order valence-electron chi connectivity index (χ4n) is 2.43. The maximum absolute atomic E-state index is 12.4. The molecule has 6 heteroatoms. The van der Waals surface area contributed by atoms with Gasteiger partial charge in [-0.05, 0) is 48.4 Å². The third-order valence-corrected chi connectivity index (χ3v) is 5.65. The van der Waals surface area contributed by atoms with Crippen LogP contribution >= 0.6 is 15.9 Å². The van der Waals surface area contributed by atoms with Gasteiger partial charge in [-0.1, -0.05) is 46.3 Å². The van der Waals surface area contributed by atoms with Crippen molar-refractivity contribution in [3.63, 3.8) is 0 Å². The summed E-state index contributed by atoms with van der Waals surface area (Å²) < 4.78 is 18.9. The summed E-state index contributed by atoms with van der Waals surface area (Å²) >= 11 is 3.35. The van der Waals surface area contributed by atoms with Crippen LogP contribution in [-0.4, -0.2) is 16.7 Å². The smallest absolute Gasteiger partial charge is 0.287 e. The van der Waals surface area contributed by atoms with Crippen molar-refractivity contribution in [3.8, 4) is 0 Å². The highest BCUT2D eigenvalue weighted by molar-refractivity contribution is 9.10. The molecule has 26 heavy (non-hydrogen) atoms. The summed E-state index contributed by atoms with van der Waals surface area (Å²) in [6, 6.07) is 20.6. The van der Waals surface area contributed by atoms with Crippen molar-refractivity contribution in [2.75, 3.05) is 6.54 Å². The van der Waals surface area contributed by atoms with E-state index in [1.54, 1.807) is 24.3 Å². The third kappa shape index (κ3) is 5.16. The minimum atomic E-state index is -1.22. The number of amides is 1. The van der Waals surface area contributed by atoms with Crippen LogP contribution in [0.4, 0.5) is 0 Å². The van der Waals surface area contributed by atoms with Crippen LogP contribution in [0, 0.1) is 0 Å². The van der Waals surface area contributed by atoms with Gasteiger partial charge >= 0.3 is 0 Å². The predicted molar refractivity (Wildman–Crippen MR) is 105 cm³/mol. The first-order valence-electron chi connectivity index (χ1n) is 8.16. The lowest BCUT2D eigenvalue weighted by Gasteiger charge is -2.03. The number of furan rings is 1. The third-order valence-electron chi connectivity index (χ3n) is 3.78. The van der Waals surface area contributed by atoms with Gasteiger partial charge in [0.1, 0.15) is 5.76 Å². The summed E-state index contributed by atoms with van der Waals surface area (Å²) in [6.45, 7) is 0.531. The number of rotatable bonds is 7. The zero-order valence-electron chi connectivity index (χ0n) is 14.0. The molecule has 0 bridgehead atoms. The second-order valence-electron chi connectivity index (χ2n) is 5.70. The molecule has 0 aliphatic carbocycles. The van der Waals surface area contributed by atoms with Gasteiger partial charge in [-0.25, -0.2) is 0 Å². The molecule has 1 aromatic heterocycles. The SMILES string of the molecule is O=C(NCCc1ccccc1)c1ccc(C[S@](=O)c2ccc(Br)cc2)o1. The number of benzene rings is 2. The van der Waals surface area contributed by atoms with Crippen molar-refractivity contribution in [2.45, 2.75) is 17.1 Å². The van der Waals surface area contributed by atoms with E-state index in [0.717, 1.165) is 21.4 Å².